The van der Waals surface area contributed by atoms with Crippen molar-refractivity contribution in [1.29, 1.82) is 0 Å². The number of benzene rings is 2. The SMILES string of the molecule is O=C(CC(NC(=O)OCC1c2ccccc2-c2ccccc21)C(F)(F)F)NC(CO)C(=O)O. The van der Waals surface area contributed by atoms with Crippen LogP contribution >= 0.6 is 0 Å². The number of fused-ring (bicyclic) bond motifs is 3. The van der Waals surface area contributed by atoms with Crippen molar-refractivity contribution < 1.29 is 42.5 Å². The van der Waals surface area contributed by atoms with Gasteiger partial charge in [0.25, 0.3) is 0 Å². The third-order valence-electron chi connectivity index (χ3n) is 5.24. The average Bonchev–Trinajstić information content (AvgIpc) is 3.08. The van der Waals surface area contributed by atoms with E-state index in [0.717, 1.165) is 22.3 Å². The first-order valence-corrected chi connectivity index (χ1v) is 9.93. The summed E-state index contributed by atoms with van der Waals surface area (Å²) in [6.07, 6.45) is -7.65. The molecule has 176 valence electrons. The summed E-state index contributed by atoms with van der Waals surface area (Å²) in [7, 11) is 0. The highest BCUT2D eigenvalue weighted by Crippen LogP contribution is 2.44. The van der Waals surface area contributed by atoms with E-state index in [4.69, 9.17) is 14.9 Å². The summed E-state index contributed by atoms with van der Waals surface area (Å²) >= 11 is 0. The van der Waals surface area contributed by atoms with E-state index < -0.39 is 49.3 Å². The number of ether oxygens (including phenoxy) is 1. The number of aliphatic hydroxyl groups is 1. The number of amides is 2. The second-order valence-corrected chi connectivity index (χ2v) is 7.41. The predicted molar refractivity (Wildman–Crippen MR) is 109 cm³/mol. The summed E-state index contributed by atoms with van der Waals surface area (Å²) < 4.78 is 45.1. The minimum Gasteiger partial charge on any atom is -0.480 e. The molecule has 0 spiro atoms. The number of carbonyl (C=O) groups is 3. The van der Waals surface area contributed by atoms with Crippen LogP contribution in [0.5, 0.6) is 0 Å². The lowest BCUT2D eigenvalue weighted by Gasteiger charge is -2.22. The van der Waals surface area contributed by atoms with Crippen LogP contribution in [0.4, 0.5) is 18.0 Å². The second kappa shape index (κ2) is 9.90. The zero-order valence-corrected chi connectivity index (χ0v) is 17.1. The van der Waals surface area contributed by atoms with Gasteiger partial charge in [-0.25, -0.2) is 9.59 Å². The molecule has 0 heterocycles. The Morgan fingerprint density at radius 2 is 1.52 bits per heavy atom. The van der Waals surface area contributed by atoms with Crippen molar-refractivity contribution in [2.45, 2.75) is 30.6 Å². The minimum absolute atomic E-state index is 0.220. The molecule has 0 aliphatic heterocycles. The molecule has 0 fully saturated rings. The van der Waals surface area contributed by atoms with Gasteiger partial charge in [0.2, 0.25) is 5.91 Å². The number of hydrogen-bond donors (Lipinski definition) is 4. The van der Waals surface area contributed by atoms with Crippen LogP contribution in [-0.2, 0) is 14.3 Å². The number of aliphatic carboxylic acids is 1. The average molecular weight is 466 g/mol. The lowest BCUT2D eigenvalue weighted by Crippen LogP contribution is -2.51. The van der Waals surface area contributed by atoms with Gasteiger partial charge in [-0.05, 0) is 22.3 Å². The molecule has 8 nitrogen and oxygen atoms in total. The maximum Gasteiger partial charge on any atom is 0.409 e. The largest absolute Gasteiger partial charge is 0.480 e. The van der Waals surface area contributed by atoms with Gasteiger partial charge >= 0.3 is 18.2 Å². The Balaban J connectivity index is 1.65. The zero-order chi connectivity index (χ0) is 24.2. The molecule has 2 unspecified atom stereocenters. The van der Waals surface area contributed by atoms with E-state index in [2.05, 4.69) is 0 Å². The first-order valence-electron chi connectivity index (χ1n) is 9.93. The summed E-state index contributed by atoms with van der Waals surface area (Å²) in [6.45, 7) is -1.22. The van der Waals surface area contributed by atoms with Gasteiger partial charge in [-0.15, -0.1) is 0 Å². The maximum atomic E-state index is 13.3. The maximum absolute atomic E-state index is 13.3. The third kappa shape index (κ3) is 5.61. The molecule has 2 atom stereocenters. The van der Waals surface area contributed by atoms with Crippen molar-refractivity contribution in [3.8, 4) is 11.1 Å². The van der Waals surface area contributed by atoms with E-state index >= 15 is 0 Å². The summed E-state index contributed by atoms with van der Waals surface area (Å²) in [5.74, 6) is -3.28. The number of aliphatic hydroxyl groups excluding tert-OH is 1. The van der Waals surface area contributed by atoms with Crippen LogP contribution in [0.2, 0.25) is 0 Å². The third-order valence-corrected chi connectivity index (χ3v) is 5.24. The Labute approximate surface area is 186 Å². The number of alkyl carbamates (subject to hydrolysis) is 1. The smallest absolute Gasteiger partial charge is 0.409 e. The Hall–Kier alpha value is -3.60. The van der Waals surface area contributed by atoms with Gasteiger partial charge in [-0.1, -0.05) is 48.5 Å². The lowest BCUT2D eigenvalue weighted by atomic mass is 9.98. The van der Waals surface area contributed by atoms with Gasteiger partial charge in [0, 0.05) is 5.92 Å². The molecule has 2 aromatic rings. The summed E-state index contributed by atoms with van der Waals surface area (Å²) in [5, 5.41) is 21.1. The normalized spacial score (nSPS) is 14.5. The molecule has 2 amide bonds. The monoisotopic (exact) mass is 466 g/mol. The van der Waals surface area contributed by atoms with Crippen LogP contribution in [0.15, 0.2) is 48.5 Å². The van der Waals surface area contributed by atoms with Crippen molar-refractivity contribution in [1.82, 2.24) is 10.6 Å². The Morgan fingerprint density at radius 3 is 2.00 bits per heavy atom. The van der Waals surface area contributed by atoms with Crippen LogP contribution in [0.3, 0.4) is 0 Å². The molecule has 0 radical (unpaired) electrons. The van der Waals surface area contributed by atoms with Gasteiger partial charge in [0.1, 0.15) is 18.7 Å². The zero-order valence-electron chi connectivity index (χ0n) is 17.1. The fraction of sp³-hybridized carbons (Fsp3) is 0.318. The van der Waals surface area contributed by atoms with Crippen molar-refractivity contribution in [3.05, 3.63) is 59.7 Å². The quantitative estimate of drug-likeness (QED) is 0.474. The van der Waals surface area contributed by atoms with E-state index in [1.807, 2.05) is 48.5 Å². The number of hydrogen-bond acceptors (Lipinski definition) is 5. The van der Waals surface area contributed by atoms with Gasteiger partial charge in [-0.3, -0.25) is 4.79 Å². The van der Waals surface area contributed by atoms with Crippen LogP contribution in [0.1, 0.15) is 23.5 Å². The second-order valence-electron chi connectivity index (χ2n) is 7.41. The molecule has 33 heavy (non-hydrogen) atoms. The van der Waals surface area contributed by atoms with Crippen LogP contribution < -0.4 is 10.6 Å². The number of carboxylic acid groups (broad SMARTS) is 1. The predicted octanol–water partition coefficient (Wildman–Crippen LogP) is 2.41. The van der Waals surface area contributed by atoms with Crippen LogP contribution in [0, 0.1) is 0 Å². The summed E-state index contributed by atoms with van der Waals surface area (Å²) in [4.78, 5) is 34.8. The number of alkyl halides is 3. The number of carbonyl (C=O) groups excluding carboxylic acids is 2. The molecule has 1 aliphatic rings. The van der Waals surface area contributed by atoms with Gasteiger partial charge in [0.05, 0.1) is 13.0 Å². The molecular formula is C22H21F3N2O6. The molecule has 0 saturated carbocycles. The Bertz CT molecular complexity index is 997. The van der Waals surface area contributed by atoms with E-state index in [0.29, 0.717) is 0 Å². The van der Waals surface area contributed by atoms with E-state index in [-0.39, 0.29) is 12.5 Å². The Morgan fingerprint density at radius 1 is 0.970 bits per heavy atom. The number of carboxylic acids is 1. The topological polar surface area (TPSA) is 125 Å². The molecule has 1 aliphatic carbocycles. The summed E-state index contributed by atoms with van der Waals surface area (Å²) in [6, 6.07) is 10.5. The standard InChI is InChI=1S/C22H21F3N2O6/c23-22(24,25)18(9-19(29)26-17(10-28)20(30)31)27-21(32)33-11-16-14-7-3-1-5-12(14)13-6-2-4-8-15(13)16/h1-8,16-18,28H,9-11H2,(H,26,29)(H,27,32)(H,30,31). The van der Waals surface area contributed by atoms with Gasteiger partial charge in [-0.2, -0.15) is 13.2 Å². The highest BCUT2D eigenvalue weighted by molar-refractivity contribution is 5.84. The highest BCUT2D eigenvalue weighted by Gasteiger charge is 2.43. The first-order chi connectivity index (χ1) is 15.6. The molecule has 4 N–H and O–H groups in total. The number of nitrogens with one attached hydrogen (secondary N) is 2. The van der Waals surface area contributed by atoms with Crippen molar-refractivity contribution >= 4 is 18.0 Å². The first kappa shape index (κ1) is 24.1. The van der Waals surface area contributed by atoms with E-state index in [9.17, 15) is 27.6 Å². The van der Waals surface area contributed by atoms with Crippen LogP contribution in [-0.4, -0.2) is 59.7 Å². The van der Waals surface area contributed by atoms with Crippen molar-refractivity contribution in [3.63, 3.8) is 0 Å². The molecule has 3 rings (SSSR count). The van der Waals surface area contributed by atoms with E-state index in [1.165, 1.54) is 0 Å². The molecule has 0 saturated heterocycles. The van der Waals surface area contributed by atoms with Gasteiger partial charge < -0.3 is 25.6 Å². The number of rotatable bonds is 8. The number of halogens is 3. The van der Waals surface area contributed by atoms with E-state index in [1.54, 1.807) is 10.6 Å². The molecule has 0 bridgehead atoms. The van der Waals surface area contributed by atoms with Gasteiger partial charge in [0.15, 0.2) is 0 Å². The fourth-order valence-corrected chi connectivity index (χ4v) is 3.66. The lowest BCUT2D eigenvalue weighted by molar-refractivity contribution is -0.161. The molecule has 0 aromatic heterocycles. The van der Waals surface area contributed by atoms with Crippen LogP contribution in [0.25, 0.3) is 11.1 Å². The highest BCUT2D eigenvalue weighted by atomic mass is 19.4. The van der Waals surface area contributed by atoms with Crippen molar-refractivity contribution in [2.75, 3.05) is 13.2 Å². The summed E-state index contributed by atoms with van der Waals surface area (Å²) in [5.41, 5.74) is 3.65. The molecule has 2 aromatic carbocycles. The van der Waals surface area contributed by atoms with Crippen molar-refractivity contribution in [2.24, 2.45) is 0 Å². The minimum atomic E-state index is -5.00. The molecular weight excluding hydrogens is 445 g/mol. The Kier molecular flexibility index (Phi) is 7.22. The molecule has 11 heteroatoms. The fourth-order valence-electron chi connectivity index (χ4n) is 3.66.